The molecule has 0 aromatic carbocycles. The molecule has 414 valence electrons. The van der Waals surface area contributed by atoms with Crippen LogP contribution in [0.5, 0.6) is 0 Å². The van der Waals surface area contributed by atoms with Crippen molar-refractivity contribution in [1.29, 1.82) is 0 Å². The third kappa shape index (κ3) is 18.6. The summed E-state index contributed by atoms with van der Waals surface area (Å²) >= 11 is 0. The number of phosphoric ester groups is 1. The SMILES string of the molecule is CCCCCCCC/C=C\CCCCCCCCC1C(CCCCCCCC/C=C\CCCCCCCC)[C@@]2(C)[C@H](C[C@@H](O)[C@@H]3[C@@H]2C[C@H](O)[C@]2(C)[C@@H]([C@H](C)CCC(=O)O)CC[C@@H]32)C[C@]1(CC)OP(=O)(O)O. The second-order valence-electron chi connectivity index (χ2n) is 24.7. The number of phosphoric acid groups is 1. The van der Waals surface area contributed by atoms with Crippen LogP contribution in [0.3, 0.4) is 0 Å². The molecular weight excluding hydrogens is 904 g/mol. The van der Waals surface area contributed by atoms with E-state index in [1.807, 2.05) is 0 Å². The molecule has 2 unspecified atom stereocenters. The van der Waals surface area contributed by atoms with Gasteiger partial charge in [0.25, 0.3) is 0 Å². The minimum absolute atomic E-state index is 0.0173. The van der Waals surface area contributed by atoms with E-state index < -0.39 is 37.0 Å². The molecule has 9 heteroatoms. The van der Waals surface area contributed by atoms with Crippen molar-refractivity contribution in [3.05, 3.63) is 24.3 Å². The van der Waals surface area contributed by atoms with E-state index in [-0.39, 0.29) is 59.2 Å². The lowest BCUT2D eigenvalue weighted by molar-refractivity contribution is -0.249. The molecule has 0 aliphatic heterocycles. The lowest BCUT2D eigenvalue weighted by Crippen LogP contribution is -2.67. The minimum Gasteiger partial charge on any atom is -0.481 e. The summed E-state index contributed by atoms with van der Waals surface area (Å²) in [5.74, 6) is -0.00518. The Labute approximate surface area is 436 Å². The summed E-state index contributed by atoms with van der Waals surface area (Å²) in [6.45, 7) is 13.5. The number of fused-ring (bicyclic) bond motifs is 5. The summed E-state index contributed by atoms with van der Waals surface area (Å²) in [6, 6.07) is 0. The lowest BCUT2D eigenvalue weighted by atomic mass is 9.38. The van der Waals surface area contributed by atoms with Crippen molar-refractivity contribution in [2.75, 3.05) is 0 Å². The zero-order valence-corrected chi connectivity index (χ0v) is 47.8. The average Bonchev–Trinajstić information content (AvgIpc) is 3.69. The largest absolute Gasteiger partial charge is 0.481 e. The molecule has 4 saturated carbocycles. The highest BCUT2D eigenvalue weighted by Crippen LogP contribution is 2.72. The van der Waals surface area contributed by atoms with Crippen LogP contribution >= 0.6 is 7.82 Å². The standard InChI is InChI=1S/C62H113O8P/c1-7-10-12-14-16-18-20-22-24-26-28-30-32-34-36-38-40-52-53(41-39-37-35-33-31-29-27-25-23-21-19-17-15-13-11-8-2)62(9-3,70-71(67,68)69)48-50-46-56(63)59-54-44-43-51(49(4)42-45-58(65)66)61(54,6)57(64)47-55(59)60(50,52)5/h22-25,49-57,59,63-64H,7-21,26-48H2,1-6H3,(H,65,66)(H2,67,68,69)/b24-22-,25-23-/t49-,50-,51-,52?,53?,54+,55+,56-,57+,59+,60-,61-,62+/m1/s1. The Balaban J connectivity index is 1.47. The van der Waals surface area contributed by atoms with Crippen LogP contribution < -0.4 is 0 Å². The summed E-state index contributed by atoms with van der Waals surface area (Å²) in [4.78, 5) is 33.0. The Kier molecular flexibility index (Phi) is 28.7. The van der Waals surface area contributed by atoms with Crippen LogP contribution in [0.25, 0.3) is 0 Å². The number of allylic oxidation sites excluding steroid dienone is 4. The van der Waals surface area contributed by atoms with Gasteiger partial charge in [0.05, 0.1) is 17.8 Å². The van der Waals surface area contributed by atoms with Crippen LogP contribution in [0.4, 0.5) is 0 Å². The van der Waals surface area contributed by atoms with Gasteiger partial charge in [-0.2, -0.15) is 0 Å². The van der Waals surface area contributed by atoms with Crippen molar-refractivity contribution < 1.29 is 39.0 Å². The van der Waals surface area contributed by atoms with Crippen molar-refractivity contribution in [3.63, 3.8) is 0 Å². The predicted molar refractivity (Wildman–Crippen MR) is 296 cm³/mol. The molecule has 4 aliphatic carbocycles. The van der Waals surface area contributed by atoms with E-state index in [4.69, 9.17) is 4.52 Å². The molecule has 71 heavy (non-hydrogen) atoms. The van der Waals surface area contributed by atoms with Crippen LogP contribution in [0, 0.1) is 58.2 Å². The highest BCUT2D eigenvalue weighted by Gasteiger charge is 2.70. The molecule has 0 radical (unpaired) electrons. The first-order valence-electron chi connectivity index (χ1n) is 30.7. The Morgan fingerprint density at radius 3 is 1.52 bits per heavy atom. The number of carboxylic acids is 1. The van der Waals surface area contributed by atoms with Gasteiger partial charge >= 0.3 is 13.8 Å². The van der Waals surface area contributed by atoms with Gasteiger partial charge in [-0.3, -0.25) is 9.32 Å². The maximum absolute atomic E-state index is 13.1. The number of hydrogen-bond acceptors (Lipinski definition) is 5. The zero-order chi connectivity index (χ0) is 51.8. The van der Waals surface area contributed by atoms with Crippen LogP contribution in [0.15, 0.2) is 24.3 Å². The van der Waals surface area contributed by atoms with Gasteiger partial charge in [0.2, 0.25) is 0 Å². The maximum atomic E-state index is 13.1. The van der Waals surface area contributed by atoms with Gasteiger partial charge in [0.15, 0.2) is 0 Å². The molecule has 0 heterocycles. The van der Waals surface area contributed by atoms with Gasteiger partial charge in [-0.15, -0.1) is 0 Å². The van der Waals surface area contributed by atoms with E-state index in [0.717, 1.165) is 64.2 Å². The molecule has 4 aliphatic rings. The number of carboxylic acid groups (broad SMARTS) is 1. The van der Waals surface area contributed by atoms with Crippen molar-refractivity contribution in [1.82, 2.24) is 0 Å². The third-order valence-corrected chi connectivity index (χ3v) is 20.8. The fourth-order valence-electron chi connectivity index (χ4n) is 16.2. The summed E-state index contributed by atoms with van der Waals surface area (Å²) in [6.07, 6.45) is 50.1. The van der Waals surface area contributed by atoms with E-state index in [1.165, 1.54) is 141 Å². The van der Waals surface area contributed by atoms with Crippen molar-refractivity contribution in [2.24, 2.45) is 58.2 Å². The third-order valence-electron chi connectivity index (χ3n) is 20.2. The van der Waals surface area contributed by atoms with Crippen molar-refractivity contribution >= 4 is 13.8 Å². The van der Waals surface area contributed by atoms with Crippen LogP contribution in [-0.2, 0) is 13.9 Å². The molecule has 4 rings (SSSR count). The van der Waals surface area contributed by atoms with Gasteiger partial charge in [0.1, 0.15) is 0 Å². The molecular formula is C62H113O8P. The summed E-state index contributed by atoms with van der Waals surface area (Å²) < 4.78 is 19.3. The molecule has 0 amide bonds. The number of unbranched alkanes of at least 4 members (excludes halogenated alkanes) is 24. The van der Waals surface area contributed by atoms with Gasteiger partial charge in [-0.05, 0) is 167 Å². The Hall–Kier alpha value is -1.02. The molecule has 4 fully saturated rings. The second kappa shape index (κ2) is 32.5. The number of rotatable bonds is 39. The number of aliphatic hydroxyl groups is 2. The smallest absolute Gasteiger partial charge is 0.470 e. The van der Waals surface area contributed by atoms with Gasteiger partial charge in [0, 0.05) is 6.42 Å². The number of carbonyl (C=O) groups is 1. The molecule has 0 aromatic rings. The fraction of sp³-hybridized carbons (Fsp3) is 0.919. The van der Waals surface area contributed by atoms with E-state index in [2.05, 4.69) is 65.8 Å². The molecule has 0 saturated heterocycles. The Morgan fingerprint density at radius 2 is 1.07 bits per heavy atom. The fourth-order valence-corrected chi connectivity index (χ4v) is 17.0. The van der Waals surface area contributed by atoms with Gasteiger partial charge in [-0.1, -0.05) is 194 Å². The van der Waals surface area contributed by atoms with Gasteiger partial charge < -0.3 is 25.1 Å². The van der Waals surface area contributed by atoms with E-state index in [1.54, 1.807) is 0 Å². The Morgan fingerprint density at radius 1 is 0.620 bits per heavy atom. The first-order chi connectivity index (χ1) is 34.1. The van der Waals surface area contributed by atoms with Crippen LogP contribution in [0.2, 0.25) is 0 Å². The molecule has 13 atom stereocenters. The quantitative estimate of drug-likeness (QED) is 0.0233. The molecule has 0 aromatic heterocycles. The van der Waals surface area contributed by atoms with E-state index in [9.17, 15) is 34.5 Å². The first kappa shape index (κ1) is 62.5. The average molecular weight is 1020 g/mol. The van der Waals surface area contributed by atoms with E-state index >= 15 is 0 Å². The summed E-state index contributed by atoms with van der Waals surface area (Å²) in [7, 11) is -4.85. The Bertz CT molecular complexity index is 1560. The molecule has 5 N–H and O–H groups in total. The number of aliphatic hydroxyl groups excluding tert-OH is 2. The van der Waals surface area contributed by atoms with Crippen molar-refractivity contribution in [3.8, 4) is 0 Å². The monoisotopic (exact) mass is 1020 g/mol. The number of hydrogen-bond donors (Lipinski definition) is 5. The molecule has 8 nitrogen and oxygen atoms in total. The minimum atomic E-state index is -4.85. The van der Waals surface area contributed by atoms with E-state index in [0.29, 0.717) is 32.1 Å². The maximum Gasteiger partial charge on any atom is 0.470 e. The normalized spacial score (nSPS) is 32.3. The lowest BCUT2D eigenvalue weighted by Gasteiger charge is -2.69. The van der Waals surface area contributed by atoms with Crippen molar-refractivity contribution in [2.45, 2.75) is 303 Å². The summed E-state index contributed by atoms with van der Waals surface area (Å²) in [5.41, 5.74) is -1.60. The zero-order valence-electron chi connectivity index (χ0n) is 46.9. The molecule has 0 spiro atoms. The van der Waals surface area contributed by atoms with Crippen LogP contribution in [0.1, 0.15) is 286 Å². The number of aliphatic carboxylic acids is 1. The first-order valence-corrected chi connectivity index (χ1v) is 32.3. The van der Waals surface area contributed by atoms with Gasteiger partial charge in [-0.25, -0.2) is 4.57 Å². The predicted octanol–water partition coefficient (Wildman–Crippen LogP) is 17.7. The molecule has 0 bridgehead atoms. The summed E-state index contributed by atoms with van der Waals surface area (Å²) in [5, 5.41) is 34.6. The highest BCUT2D eigenvalue weighted by atomic mass is 31.2. The second-order valence-corrected chi connectivity index (χ2v) is 25.9. The highest BCUT2D eigenvalue weighted by molar-refractivity contribution is 7.46. The van der Waals surface area contributed by atoms with Crippen LogP contribution in [-0.4, -0.2) is 48.9 Å². The topological polar surface area (TPSA) is 145 Å².